The van der Waals surface area contributed by atoms with E-state index in [1.165, 1.54) is 35.1 Å². The topological polar surface area (TPSA) is 83.8 Å². The van der Waals surface area contributed by atoms with Crippen LogP contribution in [0.1, 0.15) is 45.9 Å². The summed E-state index contributed by atoms with van der Waals surface area (Å²) in [5, 5.41) is 0.590. The monoisotopic (exact) mass is 572 g/mol. The molecule has 0 aromatic carbocycles. The van der Waals surface area contributed by atoms with Crippen molar-refractivity contribution in [1.82, 2.24) is 29.9 Å². The molecule has 0 bridgehead atoms. The van der Waals surface area contributed by atoms with Gasteiger partial charge in [-0.25, -0.2) is 4.98 Å². The number of halogens is 3. The Balaban J connectivity index is 0.00000156. The highest BCUT2D eigenvalue weighted by molar-refractivity contribution is 6.31. The van der Waals surface area contributed by atoms with Crippen molar-refractivity contribution in [3.63, 3.8) is 0 Å². The van der Waals surface area contributed by atoms with E-state index in [0.717, 1.165) is 70.6 Å². The third-order valence-corrected chi connectivity index (χ3v) is 8.78. The van der Waals surface area contributed by atoms with Gasteiger partial charge < -0.3 is 18.8 Å². The van der Waals surface area contributed by atoms with Crippen LogP contribution in [0.3, 0.4) is 0 Å². The van der Waals surface area contributed by atoms with Gasteiger partial charge in [-0.15, -0.1) is 0 Å². The van der Waals surface area contributed by atoms with E-state index in [1.54, 1.807) is 0 Å². The van der Waals surface area contributed by atoms with Crippen molar-refractivity contribution in [1.29, 1.82) is 0 Å². The first-order valence-electron chi connectivity index (χ1n) is 13.5. The Hall–Kier alpha value is -1.59. The van der Waals surface area contributed by atoms with Crippen LogP contribution in [-0.2, 0) is 0 Å². The van der Waals surface area contributed by atoms with E-state index >= 15 is 0 Å². The summed E-state index contributed by atoms with van der Waals surface area (Å²) in [6.07, 6.45) is 0.981. The summed E-state index contributed by atoms with van der Waals surface area (Å²) in [6.45, 7) is 21.3. The van der Waals surface area contributed by atoms with Crippen LogP contribution in [0.25, 0.3) is 0 Å². The van der Waals surface area contributed by atoms with Crippen LogP contribution in [0.5, 0.6) is 0 Å². The van der Waals surface area contributed by atoms with Gasteiger partial charge in [0.15, 0.2) is 0 Å². The Morgan fingerprint density at radius 2 is 1.00 bits per heavy atom. The second kappa shape index (κ2) is 12.1. The Morgan fingerprint density at radius 1 is 0.622 bits per heavy atom. The summed E-state index contributed by atoms with van der Waals surface area (Å²) >= 11 is 18.2. The average molecular weight is 574 g/mol. The maximum Gasteiger partial charge on any atom is 0.231 e. The van der Waals surface area contributed by atoms with Crippen molar-refractivity contribution < 1.29 is 8.97 Å². The summed E-state index contributed by atoms with van der Waals surface area (Å²) < 4.78 is 2.37. The Labute approximate surface area is 235 Å². The highest BCUT2D eigenvalue weighted by Gasteiger charge is 2.45. The number of piperazine rings is 3. The summed E-state index contributed by atoms with van der Waals surface area (Å²) in [6, 6.07) is 0. The zero-order valence-electron chi connectivity index (χ0n) is 22.4. The lowest BCUT2D eigenvalue weighted by Gasteiger charge is -2.54. The highest BCUT2D eigenvalue weighted by atomic mass is 35.5. The molecule has 3 aliphatic heterocycles. The number of rotatable bonds is 4. The number of aromatic nitrogens is 6. The number of anilines is 2. The van der Waals surface area contributed by atoms with Gasteiger partial charge >= 0.3 is 0 Å². The van der Waals surface area contributed by atoms with Gasteiger partial charge in [-0.05, 0) is 41.2 Å². The van der Waals surface area contributed by atoms with E-state index in [4.69, 9.17) is 39.8 Å². The normalized spacial score (nSPS) is 21.5. The minimum absolute atomic E-state index is 0.147. The highest BCUT2D eigenvalue weighted by Crippen LogP contribution is 2.27. The maximum absolute atomic E-state index is 6.24. The number of quaternary nitrogens is 2. The minimum Gasteiger partial charge on any atom is -0.329 e. The molecule has 1 unspecified atom stereocenters. The van der Waals surface area contributed by atoms with Gasteiger partial charge in [0.05, 0.1) is 52.4 Å². The van der Waals surface area contributed by atoms with Gasteiger partial charge in [-0.2, -0.15) is 24.9 Å². The molecular weight excluding hydrogens is 535 g/mol. The molecule has 0 amide bonds. The predicted molar refractivity (Wildman–Crippen MR) is 149 cm³/mol. The van der Waals surface area contributed by atoms with Gasteiger partial charge in [-0.1, -0.05) is 27.7 Å². The van der Waals surface area contributed by atoms with Crippen molar-refractivity contribution in [3.8, 4) is 0 Å². The Bertz CT molecular complexity index is 1020. The molecule has 5 heterocycles. The zero-order valence-corrected chi connectivity index (χ0v) is 24.6. The molecule has 204 valence electrons. The second-order valence-corrected chi connectivity index (χ2v) is 11.2. The summed E-state index contributed by atoms with van der Waals surface area (Å²) in [4.78, 5) is 30.4. The van der Waals surface area contributed by atoms with Crippen molar-refractivity contribution in [2.24, 2.45) is 0 Å². The van der Waals surface area contributed by atoms with E-state index in [1.807, 2.05) is 13.8 Å². The molecule has 3 saturated heterocycles. The molecule has 0 saturated carbocycles. The summed E-state index contributed by atoms with van der Waals surface area (Å²) in [5.74, 6) is 2.38. The molecule has 37 heavy (non-hydrogen) atoms. The van der Waals surface area contributed by atoms with Gasteiger partial charge in [-0.3, -0.25) is 0 Å². The lowest BCUT2D eigenvalue weighted by atomic mass is 10.1. The first-order chi connectivity index (χ1) is 17.8. The minimum atomic E-state index is 0.147. The number of nitrogens with zero attached hydrogens (tertiary/aromatic N) is 10. The van der Waals surface area contributed by atoms with E-state index in [-0.39, 0.29) is 16.5 Å². The fourth-order valence-electron chi connectivity index (χ4n) is 5.50. The standard InChI is InChI=1S/C22H33Cl3N10.C2H6/c1-3-16(2)17-26-18(23)29-21(27-17)32-4-8-34(9-5-32)12-14-35(15-13-34)10-6-33(7-11-35)22-30-19(24)28-20(25)31-22;1-2/h16H,3-15H2,1-2H3;1-2H3/q+2;. The third kappa shape index (κ3) is 6.53. The molecule has 3 aliphatic rings. The fourth-order valence-corrected chi connectivity index (χ4v) is 6.02. The van der Waals surface area contributed by atoms with E-state index < -0.39 is 0 Å². The Morgan fingerprint density at radius 3 is 1.41 bits per heavy atom. The van der Waals surface area contributed by atoms with Crippen molar-refractivity contribution >= 4 is 46.7 Å². The largest absolute Gasteiger partial charge is 0.329 e. The van der Waals surface area contributed by atoms with Crippen LogP contribution in [0, 0.1) is 0 Å². The quantitative estimate of drug-likeness (QED) is 0.514. The van der Waals surface area contributed by atoms with E-state index in [9.17, 15) is 0 Å². The molecule has 5 rings (SSSR count). The molecule has 1 atom stereocenters. The third-order valence-electron chi connectivity index (χ3n) is 8.28. The van der Waals surface area contributed by atoms with Crippen LogP contribution in [0.2, 0.25) is 15.9 Å². The van der Waals surface area contributed by atoms with Gasteiger partial charge in [0, 0.05) is 5.92 Å². The number of hydrogen-bond donors (Lipinski definition) is 0. The molecule has 2 spiro atoms. The smallest absolute Gasteiger partial charge is 0.231 e. The molecular formula is C24H39Cl3N10+2. The van der Waals surface area contributed by atoms with Crippen LogP contribution in [-0.4, -0.2) is 117 Å². The van der Waals surface area contributed by atoms with Gasteiger partial charge in [0.2, 0.25) is 27.7 Å². The second-order valence-electron chi connectivity index (χ2n) is 10.2. The molecule has 0 N–H and O–H groups in total. The van der Waals surface area contributed by atoms with Crippen LogP contribution < -0.4 is 9.80 Å². The van der Waals surface area contributed by atoms with Gasteiger partial charge in [0.1, 0.15) is 32.0 Å². The summed E-state index contributed by atoms with van der Waals surface area (Å²) in [7, 11) is 0. The Kier molecular flexibility index (Phi) is 9.27. The van der Waals surface area contributed by atoms with Crippen molar-refractivity contribution in [3.05, 3.63) is 21.7 Å². The van der Waals surface area contributed by atoms with E-state index in [0.29, 0.717) is 11.2 Å². The SMILES string of the molecule is CC.CCC(C)c1nc(Cl)nc(N2CC[N+]3(CC2)CC[N+]2(CCN(c4nc(Cl)nc(Cl)n4)CC2)CC3)n1. The van der Waals surface area contributed by atoms with Gasteiger partial charge in [0.25, 0.3) is 0 Å². The van der Waals surface area contributed by atoms with E-state index in [2.05, 4.69) is 48.6 Å². The zero-order chi connectivity index (χ0) is 26.6. The predicted octanol–water partition coefficient (Wildman–Crippen LogP) is 3.54. The molecule has 13 heteroatoms. The molecule has 0 radical (unpaired) electrons. The van der Waals surface area contributed by atoms with Crippen LogP contribution in [0.4, 0.5) is 11.9 Å². The fraction of sp³-hybridized carbons (Fsp3) is 0.750. The maximum atomic E-state index is 6.24. The lowest BCUT2D eigenvalue weighted by molar-refractivity contribution is -1.03. The van der Waals surface area contributed by atoms with Crippen LogP contribution in [0.15, 0.2) is 0 Å². The first-order valence-corrected chi connectivity index (χ1v) is 14.6. The van der Waals surface area contributed by atoms with Crippen LogP contribution >= 0.6 is 34.8 Å². The summed E-state index contributed by atoms with van der Waals surface area (Å²) in [5.41, 5.74) is 0. The molecule has 2 aromatic rings. The lowest BCUT2D eigenvalue weighted by Crippen LogP contribution is -2.73. The number of hydrogen-bond acceptors (Lipinski definition) is 8. The molecule has 3 fully saturated rings. The first kappa shape index (κ1) is 28.4. The van der Waals surface area contributed by atoms with Crippen molar-refractivity contribution in [2.75, 3.05) is 88.3 Å². The molecule has 2 aromatic heterocycles. The molecule has 10 nitrogen and oxygen atoms in total. The average Bonchev–Trinajstić information content (AvgIpc) is 2.91. The molecule has 0 aliphatic carbocycles. The van der Waals surface area contributed by atoms with Crippen molar-refractivity contribution in [2.45, 2.75) is 40.0 Å².